The molecule has 0 fully saturated rings. The number of alkyl halides is 3. The van der Waals surface area contributed by atoms with Crippen LogP contribution in [0.1, 0.15) is 31.7 Å². The monoisotopic (exact) mass is 258 g/mol. The van der Waals surface area contributed by atoms with E-state index in [1.54, 1.807) is 12.3 Å². The SMILES string of the molecule is CC(C)[C@H](C/C=C\C(F)(F)F)c1cccnc1N. The molecule has 2 N–H and O–H groups in total. The molecule has 1 atom stereocenters. The molecule has 1 aromatic rings. The number of nitrogens with zero attached hydrogens (tertiary/aromatic N) is 1. The molecule has 1 aromatic heterocycles. The van der Waals surface area contributed by atoms with Crippen molar-refractivity contribution >= 4 is 5.82 Å². The first-order valence-corrected chi connectivity index (χ1v) is 5.76. The first-order chi connectivity index (χ1) is 8.31. The summed E-state index contributed by atoms with van der Waals surface area (Å²) in [4.78, 5) is 3.97. The summed E-state index contributed by atoms with van der Waals surface area (Å²) in [5, 5.41) is 0. The molecular formula is C13H17F3N2. The number of nitrogen functional groups attached to an aromatic ring is 1. The zero-order chi connectivity index (χ0) is 13.8. The van der Waals surface area contributed by atoms with Gasteiger partial charge in [0.2, 0.25) is 0 Å². The van der Waals surface area contributed by atoms with Crippen LogP contribution in [0.5, 0.6) is 0 Å². The van der Waals surface area contributed by atoms with Gasteiger partial charge in [-0.3, -0.25) is 0 Å². The van der Waals surface area contributed by atoms with Crippen molar-refractivity contribution in [3.8, 4) is 0 Å². The van der Waals surface area contributed by atoms with E-state index in [0.717, 1.165) is 11.6 Å². The zero-order valence-corrected chi connectivity index (χ0v) is 10.4. The predicted molar refractivity (Wildman–Crippen MR) is 66.0 cm³/mol. The number of hydrogen-bond acceptors (Lipinski definition) is 2. The third-order valence-corrected chi connectivity index (χ3v) is 2.77. The minimum Gasteiger partial charge on any atom is -0.383 e. The van der Waals surface area contributed by atoms with E-state index < -0.39 is 6.18 Å². The van der Waals surface area contributed by atoms with E-state index in [2.05, 4.69) is 4.98 Å². The van der Waals surface area contributed by atoms with Crippen LogP contribution in [0.3, 0.4) is 0 Å². The van der Waals surface area contributed by atoms with Crippen molar-refractivity contribution in [1.29, 1.82) is 0 Å². The Morgan fingerprint density at radius 2 is 2.06 bits per heavy atom. The van der Waals surface area contributed by atoms with Gasteiger partial charge in [-0.2, -0.15) is 13.2 Å². The van der Waals surface area contributed by atoms with Gasteiger partial charge in [0.05, 0.1) is 0 Å². The first-order valence-electron chi connectivity index (χ1n) is 5.76. The summed E-state index contributed by atoms with van der Waals surface area (Å²) in [6, 6.07) is 3.56. The van der Waals surface area contributed by atoms with Crippen LogP contribution >= 0.6 is 0 Å². The Morgan fingerprint density at radius 1 is 1.39 bits per heavy atom. The quantitative estimate of drug-likeness (QED) is 0.831. The number of nitrogens with two attached hydrogens (primary N) is 1. The van der Waals surface area contributed by atoms with Gasteiger partial charge in [0.25, 0.3) is 0 Å². The summed E-state index contributed by atoms with van der Waals surface area (Å²) in [6.45, 7) is 3.91. The van der Waals surface area contributed by atoms with E-state index in [4.69, 9.17) is 5.73 Å². The van der Waals surface area contributed by atoms with Gasteiger partial charge in [-0.1, -0.05) is 26.0 Å². The van der Waals surface area contributed by atoms with E-state index in [0.29, 0.717) is 12.2 Å². The summed E-state index contributed by atoms with van der Waals surface area (Å²) in [5.41, 5.74) is 6.56. The molecule has 5 heteroatoms. The largest absolute Gasteiger partial charge is 0.409 e. The Morgan fingerprint density at radius 3 is 2.56 bits per heavy atom. The van der Waals surface area contributed by atoms with Crippen LogP contribution in [0.15, 0.2) is 30.5 Å². The summed E-state index contributed by atoms with van der Waals surface area (Å²) in [7, 11) is 0. The molecule has 0 aliphatic heterocycles. The second kappa shape index (κ2) is 5.89. The van der Waals surface area contributed by atoms with Gasteiger partial charge >= 0.3 is 6.18 Å². The van der Waals surface area contributed by atoms with Crippen LogP contribution in [0.25, 0.3) is 0 Å². The lowest BCUT2D eigenvalue weighted by molar-refractivity contribution is -0.0800. The van der Waals surface area contributed by atoms with Gasteiger partial charge in [0.1, 0.15) is 5.82 Å². The number of halogens is 3. The molecule has 0 saturated heterocycles. The molecule has 0 amide bonds. The summed E-state index contributed by atoms with van der Waals surface area (Å²) >= 11 is 0. The molecule has 18 heavy (non-hydrogen) atoms. The van der Waals surface area contributed by atoms with E-state index >= 15 is 0 Å². The Balaban J connectivity index is 2.85. The van der Waals surface area contributed by atoms with E-state index in [9.17, 15) is 13.2 Å². The maximum atomic E-state index is 12.1. The molecule has 1 rings (SSSR count). The molecule has 0 aliphatic rings. The fraction of sp³-hybridized carbons (Fsp3) is 0.462. The fourth-order valence-corrected chi connectivity index (χ4v) is 1.85. The average molecular weight is 258 g/mol. The number of pyridine rings is 1. The van der Waals surface area contributed by atoms with Crippen molar-refractivity contribution < 1.29 is 13.2 Å². The van der Waals surface area contributed by atoms with Crippen molar-refractivity contribution in [2.24, 2.45) is 5.92 Å². The van der Waals surface area contributed by atoms with Crippen molar-refractivity contribution in [1.82, 2.24) is 4.98 Å². The molecule has 0 bridgehead atoms. The van der Waals surface area contributed by atoms with Crippen LogP contribution in [0.2, 0.25) is 0 Å². The van der Waals surface area contributed by atoms with E-state index in [-0.39, 0.29) is 17.9 Å². The highest BCUT2D eigenvalue weighted by molar-refractivity contribution is 5.41. The summed E-state index contributed by atoms with van der Waals surface area (Å²) < 4.78 is 36.2. The number of hydrogen-bond donors (Lipinski definition) is 1. The van der Waals surface area contributed by atoms with E-state index in [1.807, 2.05) is 19.9 Å². The van der Waals surface area contributed by atoms with Crippen LogP contribution in [0.4, 0.5) is 19.0 Å². The highest BCUT2D eigenvalue weighted by Crippen LogP contribution is 2.31. The summed E-state index contributed by atoms with van der Waals surface area (Å²) in [6.07, 6.45) is -0.969. The molecular weight excluding hydrogens is 241 g/mol. The lowest BCUT2D eigenvalue weighted by atomic mass is 9.86. The topological polar surface area (TPSA) is 38.9 Å². The predicted octanol–water partition coefficient (Wildman–Crippen LogP) is 3.91. The highest BCUT2D eigenvalue weighted by atomic mass is 19.4. The van der Waals surface area contributed by atoms with Crippen LogP contribution < -0.4 is 5.73 Å². The number of anilines is 1. The summed E-state index contributed by atoms with van der Waals surface area (Å²) in [5.74, 6) is 0.517. The molecule has 0 radical (unpaired) electrons. The second-order valence-electron chi connectivity index (χ2n) is 4.51. The van der Waals surface area contributed by atoms with Gasteiger partial charge in [-0.05, 0) is 29.9 Å². The Labute approximate surface area is 105 Å². The number of aromatic nitrogens is 1. The normalized spacial score (nSPS) is 14.3. The zero-order valence-electron chi connectivity index (χ0n) is 10.4. The third-order valence-electron chi connectivity index (χ3n) is 2.77. The van der Waals surface area contributed by atoms with Crippen LogP contribution in [0, 0.1) is 5.92 Å². The smallest absolute Gasteiger partial charge is 0.383 e. The van der Waals surface area contributed by atoms with Crippen molar-refractivity contribution in [3.63, 3.8) is 0 Å². The average Bonchev–Trinajstić information content (AvgIpc) is 2.24. The van der Waals surface area contributed by atoms with Crippen molar-refractivity contribution in [2.75, 3.05) is 5.73 Å². The van der Waals surface area contributed by atoms with Gasteiger partial charge in [0.15, 0.2) is 0 Å². The van der Waals surface area contributed by atoms with Gasteiger partial charge in [-0.15, -0.1) is 0 Å². The minimum atomic E-state index is -4.26. The second-order valence-corrected chi connectivity index (χ2v) is 4.51. The Kier molecular flexibility index (Phi) is 4.76. The molecule has 0 saturated carbocycles. The Hall–Kier alpha value is -1.52. The molecule has 0 unspecified atom stereocenters. The van der Waals surface area contributed by atoms with Crippen molar-refractivity contribution in [3.05, 3.63) is 36.0 Å². The lowest BCUT2D eigenvalue weighted by Gasteiger charge is -2.20. The van der Waals surface area contributed by atoms with Crippen LogP contribution in [-0.2, 0) is 0 Å². The van der Waals surface area contributed by atoms with Gasteiger partial charge < -0.3 is 5.73 Å². The molecule has 1 heterocycles. The third kappa shape index (κ3) is 4.39. The van der Waals surface area contributed by atoms with Crippen molar-refractivity contribution in [2.45, 2.75) is 32.4 Å². The van der Waals surface area contributed by atoms with Gasteiger partial charge in [-0.25, -0.2) is 4.98 Å². The van der Waals surface area contributed by atoms with Crippen LogP contribution in [-0.4, -0.2) is 11.2 Å². The van der Waals surface area contributed by atoms with E-state index in [1.165, 1.54) is 0 Å². The maximum Gasteiger partial charge on any atom is 0.409 e. The molecule has 2 nitrogen and oxygen atoms in total. The molecule has 0 aromatic carbocycles. The maximum absolute atomic E-state index is 12.1. The molecule has 100 valence electrons. The first kappa shape index (κ1) is 14.5. The fourth-order valence-electron chi connectivity index (χ4n) is 1.85. The number of rotatable bonds is 4. The lowest BCUT2D eigenvalue weighted by Crippen LogP contribution is -2.10. The molecule has 0 aliphatic carbocycles. The van der Waals surface area contributed by atoms with Gasteiger partial charge in [0, 0.05) is 12.3 Å². The highest BCUT2D eigenvalue weighted by Gasteiger charge is 2.23. The molecule has 0 spiro atoms. The Bertz CT molecular complexity index is 411. The minimum absolute atomic E-state index is 0.0581. The number of allylic oxidation sites excluding steroid dienone is 2. The standard InChI is InChI=1S/C13H17F3N2/c1-9(2)10(5-3-7-13(14,15)16)11-6-4-8-18-12(11)17/h3-4,6-10H,5H2,1-2H3,(H2,17,18)/b7-3-/t10-/m0/s1.